The van der Waals surface area contributed by atoms with Crippen molar-refractivity contribution in [3.8, 4) is 5.75 Å². The molecule has 3 aromatic carbocycles. The number of carbonyl (C=O) groups excluding carboxylic acids is 1. The number of nitrogens with one attached hydrogen (secondary N) is 2. The van der Waals surface area contributed by atoms with Gasteiger partial charge in [0.25, 0.3) is 0 Å². The Labute approximate surface area is 194 Å². The zero-order valence-electron chi connectivity index (χ0n) is 18.8. The summed E-state index contributed by atoms with van der Waals surface area (Å²) in [5.74, 6) is 0.721. The van der Waals surface area contributed by atoms with Crippen LogP contribution in [0.3, 0.4) is 0 Å². The van der Waals surface area contributed by atoms with Crippen LogP contribution in [0.2, 0.25) is 0 Å². The number of benzene rings is 3. The molecule has 0 radical (unpaired) electrons. The molecule has 0 amide bonds. The molecule has 170 valence electrons. The van der Waals surface area contributed by atoms with E-state index in [4.69, 9.17) is 9.47 Å². The van der Waals surface area contributed by atoms with E-state index in [0.29, 0.717) is 5.56 Å². The summed E-state index contributed by atoms with van der Waals surface area (Å²) in [7, 11) is 1.69. The Morgan fingerprint density at radius 1 is 1.03 bits per heavy atom. The number of hydrogen-bond donors (Lipinski definition) is 2. The van der Waals surface area contributed by atoms with E-state index in [9.17, 15) is 4.79 Å². The van der Waals surface area contributed by atoms with E-state index in [-0.39, 0.29) is 11.9 Å². The molecule has 6 heteroatoms. The fourth-order valence-corrected chi connectivity index (χ4v) is 4.70. The standard InChI is InChI=1S/C27H29N3O3/c1-32-20-12-10-19(11-13-20)24(18-30-16-14-28-15-17-30)21-6-4-5-9-25(21)29-26-22-7-2-3-8-23(22)27(31)33-26/h2-13,24,26,28-29H,14-18H2,1H3. The molecule has 2 N–H and O–H groups in total. The number of hydrogen-bond acceptors (Lipinski definition) is 6. The van der Waals surface area contributed by atoms with Gasteiger partial charge in [0.15, 0.2) is 0 Å². The van der Waals surface area contributed by atoms with Gasteiger partial charge in [-0.1, -0.05) is 48.5 Å². The van der Waals surface area contributed by atoms with Crippen molar-refractivity contribution in [2.24, 2.45) is 0 Å². The first-order valence-corrected chi connectivity index (χ1v) is 11.5. The maximum Gasteiger partial charge on any atom is 0.340 e. The molecule has 1 saturated heterocycles. The highest BCUT2D eigenvalue weighted by molar-refractivity contribution is 5.94. The number of cyclic esters (lactones) is 1. The number of piperazine rings is 1. The van der Waals surface area contributed by atoms with Crippen molar-refractivity contribution in [3.63, 3.8) is 0 Å². The molecular weight excluding hydrogens is 414 g/mol. The number of para-hydroxylation sites is 1. The van der Waals surface area contributed by atoms with E-state index >= 15 is 0 Å². The van der Waals surface area contributed by atoms with Gasteiger partial charge in [0.1, 0.15) is 5.75 Å². The lowest BCUT2D eigenvalue weighted by molar-refractivity contribution is 0.0437. The van der Waals surface area contributed by atoms with Gasteiger partial charge in [-0.2, -0.15) is 0 Å². The van der Waals surface area contributed by atoms with Gasteiger partial charge >= 0.3 is 5.97 Å². The largest absolute Gasteiger partial charge is 0.497 e. The number of anilines is 1. The van der Waals surface area contributed by atoms with E-state index in [0.717, 1.165) is 49.7 Å². The molecule has 2 aliphatic heterocycles. The average Bonchev–Trinajstić information content (AvgIpc) is 3.19. The molecule has 2 heterocycles. The first-order valence-electron chi connectivity index (χ1n) is 11.5. The van der Waals surface area contributed by atoms with Gasteiger partial charge in [0.2, 0.25) is 6.23 Å². The Morgan fingerprint density at radius 2 is 1.76 bits per heavy atom. The molecule has 33 heavy (non-hydrogen) atoms. The predicted molar refractivity (Wildman–Crippen MR) is 129 cm³/mol. The Hall–Kier alpha value is -3.35. The second kappa shape index (κ2) is 9.65. The Balaban J connectivity index is 1.48. The van der Waals surface area contributed by atoms with E-state index in [1.807, 2.05) is 42.5 Å². The lowest BCUT2D eigenvalue weighted by Gasteiger charge is -2.32. The van der Waals surface area contributed by atoms with E-state index in [2.05, 4.69) is 45.9 Å². The van der Waals surface area contributed by atoms with E-state index < -0.39 is 6.23 Å². The number of methoxy groups -OCH3 is 1. The van der Waals surface area contributed by atoms with Crippen molar-refractivity contribution in [3.05, 3.63) is 95.1 Å². The van der Waals surface area contributed by atoms with Crippen LogP contribution >= 0.6 is 0 Å². The minimum Gasteiger partial charge on any atom is -0.497 e. The van der Waals surface area contributed by atoms with Crippen LogP contribution in [0.15, 0.2) is 72.8 Å². The topological polar surface area (TPSA) is 62.8 Å². The van der Waals surface area contributed by atoms with Gasteiger partial charge in [0, 0.05) is 49.9 Å². The number of rotatable bonds is 7. The van der Waals surface area contributed by atoms with Crippen LogP contribution < -0.4 is 15.4 Å². The number of esters is 1. The second-order valence-electron chi connectivity index (χ2n) is 8.48. The molecule has 0 saturated carbocycles. The van der Waals surface area contributed by atoms with Crippen LogP contribution in [0, 0.1) is 0 Å². The highest BCUT2D eigenvalue weighted by atomic mass is 16.6. The average molecular weight is 444 g/mol. The first kappa shape index (κ1) is 21.5. The molecule has 2 unspecified atom stereocenters. The van der Waals surface area contributed by atoms with Gasteiger partial charge in [-0.05, 0) is 35.4 Å². The third-order valence-corrected chi connectivity index (χ3v) is 6.48. The molecule has 3 aromatic rings. The molecule has 0 spiro atoms. The van der Waals surface area contributed by atoms with Crippen LogP contribution in [0.25, 0.3) is 0 Å². The van der Waals surface area contributed by atoms with Crippen molar-refractivity contribution in [1.82, 2.24) is 10.2 Å². The third-order valence-electron chi connectivity index (χ3n) is 6.48. The molecule has 0 aliphatic carbocycles. The summed E-state index contributed by atoms with van der Waals surface area (Å²) in [6, 6.07) is 24.2. The van der Waals surface area contributed by atoms with Crippen molar-refractivity contribution >= 4 is 11.7 Å². The first-order chi connectivity index (χ1) is 16.2. The lowest BCUT2D eigenvalue weighted by Crippen LogP contribution is -2.45. The van der Waals surface area contributed by atoms with Gasteiger partial charge in [0.05, 0.1) is 12.7 Å². The Kier molecular flexibility index (Phi) is 6.28. The number of fused-ring (bicyclic) bond motifs is 1. The van der Waals surface area contributed by atoms with Crippen LogP contribution in [0.1, 0.15) is 39.2 Å². The maximum absolute atomic E-state index is 12.3. The molecule has 2 atom stereocenters. The quantitative estimate of drug-likeness (QED) is 0.538. The van der Waals surface area contributed by atoms with Gasteiger partial charge in [-0.15, -0.1) is 0 Å². The van der Waals surface area contributed by atoms with Crippen molar-refractivity contribution < 1.29 is 14.3 Å². The normalized spacial score (nSPS) is 18.9. The SMILES string of the molecule is COc1ccc(C(CN2CCNCC2)c2ccccc2NC2OC(=O)c3ccccc32)cc1. The fraction of sp³-hybridized carbons (Fsp3) is 0.296. The third kappa shape index (κ3) is 4.58. The summed E-state index contributed by atoms with van der Waals surface area (Å²) in [6.07, 6.45) is -0.495. The maximum atomic E-state index is 12.3. The molecule has 0 bridgehead atoms. The van der Waals surface area contributed by atoms with E-state index in [1.165, 1.54) is 11.1 Å². The van der Waals surface area contributed by atoms with Crippen molar-refractivity contribution in [2.45, 2.75) is 12.1 Å². The smallest absolute Gasteiger partial charge is 0.340 e. The fourth-order valence-electron chi connectivity index (χ4n) is 4.70. The molecular formula is C27H29N3O3. The monoisotopic (exact) mass is 443 g/mol. The zero-order valence-corrected chi connectivity index (χ0v) is 18.8. The molecule has 1 fully saturated rings. The van der Waals surface area contributed by atoms with Crippen LogP contribution in [0.5, 0.6) is 5.75 Å². The predicted octanol–water partition coefficient (Wildman–Crippen LogP) is 4.01. The summed E-state index contributed by atoms with van der Waals surface area (Å²) in [4.78, 5) is 14.8. The molecule has 0 aromatic heterocycles. The highest BCUT2D eigenvalue weighted by Crippen LogP contribution is 2.37. The van der Waals surface area contributed by atoms with Crippen molar-refractivity contribution in [1.29, 1.82) is 0 Å². The minimum absolute atomic E-state index is 0.157. The Bertz CT molecular complexity index is 1110. The number of carbonyl (C=O) groups is 1. The summed E-state index contributed by atoms with van der Waals surface area (Å²) >= 11 is 0. The summed E-state index contributed by atoms with van der Waals surface area (Å²) < 4.78 is 11.1. The summed E-state index contributed by atoms with van der Waals surface area (Å²) in [6.45, 7) is 4.97. The zero-order chi connectivity index (χ0) is 22.6. The minimum atomic E-state index is -0.495. The number of nitrogens with zero attached hydrogens (tertiary/aromatic N) is 1. The van der Waals surface area contributed by atoms with Crippen LogP contribution in [-0.4, -0.2) is 50.7 Å². The summed E-state index contributed by atoms with van der Waals surface area (Å²) in [5.41, 5.74) is 4.89. The van der Waals surface area contributed by atoms with Crippen LogP contribution in [0.4, 0.5) is 5.69 Å². The molecule has 5 rings (SSSR count). The molecule has 6 nitrogen and oxygen atoms in total. The van der Waals surface area contributed by atoms with Gasteiger partial charge < -0.3 is 20.1 Å². The Morgan fingerprint density at radius 3 is 2.55 bits per heavy atom. The molecule has 2 aliphatic rings. The van der Waals surface area contributed by atoms with Gasteiger partial charge in [-0.25, -0.2) is 4.79 Å². The van der Waals surface area contributed by atoms with Gasteiger partial charge in [-0.3, -0.25) is 4.90 Å². The van der Waals surface area contributed by atoms with Crippen molar-refractivity contribution in [2.75, 3.05) is 45.2 Å². The van der Waals surface area contributed by atoms with E-state index in [1.54, 1.807) is 7.11 Å². The highest BCUT2D eigenvalue weighted by Gasteiger charge is 2.31. The number of ether oxygens (including phenoxy) is 2. The second-order valence-corrected chi connectivity index (χ2v) is 8.48. The lowest BCUT2D eigenvalue weighted by atomic mass is 9.89. The summed E-state index contributed by atoms with van der Waals surface area (Å²) in [5, 5.41) is 6.94. The van der Waals surface area contributed by atoms with Crippen LogP contribution in [-0.2, 0) is 4.74 Å².